The van der Waals surface area contributed by atoms with Crippen molar-refractivity contribution in [3.63, 3.8) is 0 Å². The standard InChI is InChI=1S/C13H16N2O3S/c1-3-19(18)8-7-15-9(2)14-12-10(13(16)17)5-4-6-11(12)15/h4-6H,3,7-8H2,1-2H3,(H,16,17). The van der Waals surface area contributed by atoms with Crippen molar-refractivity contribution in [1.82, 2.24) is 9.55 Å². The maximum atomic E-state index is 11.5. The summed E-state index contributed by atoms with van der Waals surface area (Å²) in [6.07, 6.45) is 0. The van der Waals surface area contributed by atoms with Crippen LogP contribution in [0.3, 0.4) is 0 Å². The van der Waals surface area contributed by atoms with Gasteiger partial charge in [-0.25, -0.2) is 9.78 Å². The topological polar surface area (TPSA) is 72.2 Å². The Balaban J connectivity index is 2.45. The Labute approximate surface area is 113 Å². The first-order chi connectivity index (χ1) is 9.04. The number of aromatic nitrogens is 2. The summed E-state index contributed by atoms with van der Waals surface area (Å²) in [6, 6.07) is 5.10. The van der Waals surface area contributed by atoms with Gasteiger partial charge in [0, 0.05) is 28.9 Å². The van der Waals surface area contributed by atoms with Crippen molar-refractivity contribution in [1.29, 1.82) is 0 Å². The lowest BCUT2D eigenvalue weighted by Crippen LogP contribution is -2.10. The van der Waals surface area contributed by atoms with E-state index >= 15 is 0 Å². The molecular formula is C13H16N2O3S. The molecule has 0 amide bonds. The first-order valence-electron chi connectivity index (χ1n) is 6.08. The van der Waals surface area contributed by atoms with Crippen molar-refractivity contribution in [2.75, 3.05) is 11.5 Å². The first kappa shape index (κ1) is 13.7. The smallest absolute Gasteiger partial charge is 0.337 e. The number of hydrogen-bond acceptors (Lipinski definition) is 3. The molecule has 0 saturated carbocycles. The molecule has 0 fully saturated rings. The number of imidazole rings is 1. The van der Waals surface area contributed by atoms with E-state index in [1.54, 1.807) is 12.1 Å². The Kier molecular flexibility index (Phi) is 3.99. The average molecular weight is 280 g/mol. The molecule has 0 bridgehead atoms. The van der Waals surface area contributed by atoms with Gasteiger partial charge in [0.05, 0.1) is 11.1 Å². The second kappa shape index (κ2) is 5.52. The number of carboxylic acid groups (broad SMARTS) is 1. The van der Waals surface area contributed by atoms with Crippen LogP contribution in [0.15, 0.2) is 18.2 Å². The molecule has 5 nitrogen and oxygen atoms in total. The monoisotopic (exact) mass is 280 g/mol. The van der Waals surface area contributed by atoms with Gasteiger partial charge in [-0.3, -0.25) is 4.21 Å². The molecular weight excluding hydrogens is 264 g/mol. The number of carbonyl (C=O) groups is 1. The molecule has 0 radical (unpaired) electrons. The molecule has 0 aliphatic heterocycles. The molecule has 0 saturated heterocycles. The van der Waals surface area contributed by atoms with Crippen molar-refractivity contribution in [3.8, 4) is 0 Å². The molecule has 2 rings (SSSR count). The highest BCUT2D eigenvalue weighted by Gasteiger charge is 2.14. The molecule has 1 unspecified atom stereocenters. The van der Waals surface area contributed by atoms with Gasteiger partial charge in [0.2, 0.25) is 0 Å². The summed E-state index contributed by atoms with van der Waals surface area (Å²) in [4.78, 5) is 15.5. The Bertz CT molecular complexity index is 649. The molecule has 1 heterocycles. The van der Waals surface area contributed by atoms with Crippen LogP contribution < -0.4 is 0 Å². The molecule has 1 N–H and O–H groups in total. The van der Waals surface area contributed by atoms with Gasteiger partial charge in [0.15, 0.2) is 0 Å². The molecule has 2 aromatic rings. The Morgan fingerprint density at radius 3 is 2.84 bits per heavy atom. The molecule has 1 atom stereocenters. The third kappa shape index (κ3) is 2.68. The summed E-state index contributed by atoms with van der Waals surface area (Å²) in [5, 5.41) is 9.14. The number of carboxylic acids is 1. The zero-order chi connectivity index (χ0) is 14.0. The number of benzene rings is 1. The number of aryl methyl sites for hydroxylation is 2. The second-order valence-electron chi connectivity index (χ2n) is 4.22. The zero-order valence-corrected chi connectivity index (χ0v) is 11.7. The van der Waals surface area contributed by atoms with E-state index in [9.17, 15) is 9.00 Å². The van der Waals surface area contributed by atoms with Crippen LogP contribution in [-0.2, 0) is 17.3 Å². The number of para-hydroxylation sites is 1. The normalized spacial score (nSPS) is 12.7. The van der Waals surface area contributed by atoms with E-state index in [-0.39, 0.29) is 5.56 Å². The Hall–Kier alpha value is -1.69. The molecule has 6 heteroatoms. The number of hydrogen-bond donors (Lipinski definition) is 1. The van der Waals surface area contributed by atoms with Crippen molar-refractivity contribution in [2.45, 2.75) is 20.4 Å². The Morgan fingerprint density at radius 1 is 1.47 bits per heavy atom. The van der Waals surface area contributed by atoms with Gasteiger partial charge in [-0.1, -0.05) is 13.0 Å². The van der Waals surface area contributed by atoms with E-state index < -0.39 is 16.8 Å². The summed E-state index contributed by atoms with van der Waals surface area (Å²) < 4.78 is 13.4. The number of fused-ring (bicyclic) bond motifs is 1. The van der Waals surface area contributed by atoms with Gasteiger partial charge in [0.25, 0.3) is 0 Å². The van der Waals surface area contributed by atoms with Gasteiger partial charge >= 0.3 is 5.97 Å². The van der Waals surface area contributed by atoms with E-state index in [4.69, 9.17) is 5.11 Å². The molecule has 0 spiro atoms. The lowest BCUT2D eigenvalue weighted by molar-refractivity contribution is 0.0699. The van der Waals surface area contributed by atoms with Crippen LogP contribution in [0.2, 0.25) is 0 Å². The Morgan fingerprint density at radius 2 is 2.21 bits per heavy atom. The molecule has 0 aliphatic carbocycles. The van der Waals surface area contributed by atoms with Gasteiger partial charge in [-0.15, -0.1) is 0 Å². The van der Waals surface area contributed by atoms with E-state index in [1.807, 2.05) is 24.5 Å². The van der Waals surface area contributed by atoms with E-state index in [0.717, 1.165) is 11.3 Å². The van der Waals surface area contributed by atoms with Gasteiger partial charge in [-0.2, -0.15) is 0 Å². The number of rotatable bonds is 5. The number of aromatic carboxylic acids is 1. The van der Waals surface area contributed by atoms with Crippen LogP contribution in [0.25, 0.3) is 11.0 Å². The van der Waals surface area contributed by atoms with E-state index in [1.165, 1.54) is 0 Å². The van der Waals surface area contributed by atoms with Crippen LogP contribution >= 0.6 is 0 Å². The van der Waals surface area contributed by atoms with Crippen LogP contribution in [-0.4, -0.2) is 36.3 Å². The second-order valence-corrected chi connectivity index (χ2v) is 6.09. The van der Waals surface area contributed by atoms with E-state index in [2.05, 4.69) is 4.98 Å². The maximum absolute atomic E-state index is 11.5. The van der Waals surface area contributed by atoms with Crippen LogP contribution in [0.1, 0.15) is 23.1 Å². The summed E-state index contributed by atoms with van der Waals surface area (Å²) in [7, 11) is -0.842. The van der Waals surface area contributed by atoms with Crippen molar-refractivity contribution in [3.05, 3.63) is 29.6 Å². The SMILES string of the molecule is CCS(=O)CCn1c(C)nc2c(C(=O)O)cccc21. The summed E-state index contributed by atoms with van der Waals surface area (Å²) in [5.41, 5.74) is 1.48. The maximum Gasteiger partial charge on any atom is 0.337 e. The fraction of sp³-hybridized carbons (Fsp3) is 0.385. The lowest BCUT2D eigenvalue weighted by atomic mass is 10.2. The minimum Gasteiger partial charge on any atom is -0.478 e. The lowest BCUT2D eigenvalue weighted by Gasteiger charge is -2.06. The average Bonchev–Trinajstić information content (AvgIpc) is 2.71. The fourth-order valence-electron chi connectivity index (χ4n) is 2.06. The third-order valence-electron chi connectivity index (χ3n) is 3.06. The highest BCUT2D eigenvalue weighted by Crippen LogP contribution is 2.20. The van der Waals surface area contributed by atoms with E-state index in [0.29, 0.717) is 23.6 Å². The van der Waals surface area contributed by atoms with Crippen LogP contribution in [0, 0.1) is 6.92 Å². The number of nitrogens with zero attached hydrogens (tertiary/aromatic N) is 2. The van der Waals surface area contributed by atoms with Crippen LogP contribution in [0.5, 0.6) is 0 Å². The summed E-state index contributed by atoms with van der Waals surface area (Å²) in [5.74, 6) is 0.954. The van der Waals surface area contributed by atoms with Crippen molar-refractivity contribution < 1.29 is 14.1 Å². The fourth-order valence-corrected chi connectivity index (χ4v) is 2.73. The van der Waals surface area contributed by atoms with Crippen molar-refractivity contribution in [2.24, 2.45) is 0 Å². The largest absolute Gasteiger partial charge is 0.478 e. The van der Waals surface area contributed by atoms with Gasteiger partial charge < -0.3 is 9.67 Å². The minimum absolute atomic E-state index is 0.205. The molecule has 19 heavy (non-hydrogen) atoms. The van der Waals surface area contributed by atoms with Gasteiger partial charge in [0.1, 0.15) is 11.3 Å². The quantitative estimate of drug-likeness (QED) is 0.906. The highest BCUT2D eigenvalue weighted by atomic mass is 32.2. The highest BCUT2D eigenvalue weighted by molar-refractivity contribution is 7.84. The van der Waals surface area contributed by atoms with Crippen molar-refractivity contribution >= 4 is 27.8 Å². The third-order valence-corrected chi connectivity index (χ3v) is 4.35. The predicted molar refractivity (Wildman–Crippen MR) is 75.0 cm³/mol. The molecule has 0 aliphatic rings. The van der Waals surface area contributed by atoms with Crippen LogP contribution in [0.4, 0.5) is 0 Å². The molecule has 102 valence electrons. The molecule has 1 aromatic carbocycles. The summed E-state index contributed by atoms with van der Waals surface area (Å²) in [6.45, 7) is 4.31. The van der Waals surface area contributed by atoms with Gasteiger partial charge in [-0.05, 0) is 19.1 Å². The minimum atomic E-state index is -0.979. The zero-order valence-electron chi connectivity index (χ0n) is 10.9. The first-order valence-corrected chi connectivity index (χ1v) is 7.57. The molecule has 1 aromatic heterocycles. The predicted octanol–water partition coefficient (Wildman–Crippen LogP) is 1.81. The summed E-state index contributed by atoms with van der Waals surface area (Å²) >= 11 is 0.